The van der Waals surface area contributed by atoms with Crippen LogP contribution in [0.1, 0.15) is 18.9 Å². The van der Waals surface area contributed by atoms with Crippen molar-refractivity contribution in [2.45, 2.75) is 13.3 Å². The van der Waals surface area contributed by atoms with Crippen LogP contribution in [0.2, 0.25) is 0 Å². The van der Waals surface area contributed by atoms with E-state index >= 15 is 0 Å². The maximum absolute atomic E-state index is 12.5. The van der Waals surface area contributed by atoms with Crippen LogP contribution >= 0.6 is 11.8 Å². The Bertz CT molecular complexity index is 1210. The van der Waals surface area contributed by atoms with Gasteiger partial charge in [0.2, 0.25) is 5.17 Å². The van der Waals surface area contributed by atoms with E-state index in [1.807, 2.05) is 25.1 Å². The molecule has 0 saturated carbocycles. The zero-order valence-electron chi connectivity index (χ0n) is 19.0. The van der Waals surface area contributed by atoms with Gasteiger partial charge in [-0.2, -0.15) is 15.1 Å². The largest absolute Gasteiger partial charge is 0.497 e. The van der Waals surface area contributed by atoms with E-state index in [0.717, 1.165) is 10.8 Å². The van der Waals surface area contributed by atoms with Crippen LogP contribution in [-0.4, -0.2) is 54.4 Å². The van der Waals surface area contributed by atoms with Crippen molar-refractivity contribution in [2.75, 3.05) is 27.4 Å². The Morgan fingerprint density at radius 2 is 1.82 bits per heavy atom. The number of ether oxygens (including phenoxy) is 4. The lowest BCUT2D eigenvalue weighted by Crippen LogP contribution is -2.35. The molecule has 0 unspecified atom stereocenters. The Balaban J connectivity index is 1.43. The molecule has 0 atom stereocenters. The molecule has 176 valence electrons. The number of hydrogen-bond donors (Lipinski definition) is 1. The number of thioether (sulfide) groups is 1. The van der Waals surface area contributed by atoms with Crippen molar-refractivity contribution in [1.82, 2.24) is 5.01 Å². The van der Waals surface area contributed by atoms with Gasteiger partial charge in [0, 0.05) is 6.07 Å². The van der Waals surface area contributed by atoms with E-state index in [4.69, 9.17) is 24.4 Å². The van der Waals surface area contributed by atoms with Crippen LogP contribution in [0, 0.1) is 5.41 Å². The summed E-state index contributed by atoms with van der Waals surface area (Å²) in [6.07, 6.45) is 2.32. The van der Waals surface area contributed by atoms with Gasteiger partial charge in [-0.3, -0.25) is 10.2 Å². The van der Waals surface area contributed by atoms with Gasteiger partial charge in [-0.05, 0) is 54.1 Å². The molecule has 2 aromatic carbocycles. The van der Waals surface area contributed by atoms with Gasteiger partial charge in [0.25, 0.3) is 5.91 Å². The van der Waals surface area contributed by atoms with Gasteiger partial charge >= 0.3 is 0 Å². The fourth-order valence-corrected chi connectivity index (χ4v) is 4.06. The molecule has 34 heavy (non-hydrogen) atoms. The first-order valence-electron chi connectivity index (χ1n) is 10.6. The van der Waals surface area contributed by atoms with Crippen LogP contribution < -0.4 is 18.9 Å². The van der Waals surface area contributed by atoms with E-state index in [1.165, 1.54) is 16.8 Å². The molecule has 9 nitrogen and oxygen atoms in total. The number of amidine groups is 2. The average molecular weight is 481 g/mol. The molecule has 1 amide bonds. The summed E-state index contributed by atoms with van der Waals surface area (Å²) in [4.78, 5) is 16.6. The summed E-state index contributed by atoms with van der Waals surface area (Å²) >= 11 is 1.31. The topological polar surface area (TPSA) is 106 Å². The molecule has 2 aliphatic heterocycles. The molecule has 0 bridgehead atoms. The third-order valence-electron chi connectivity index (χ3n) is 4.95. The molecule has 4 rings (SSSR count). The predicted octanol–water partition coefficient (Wildman–Crippen LogP) is 4.19. The summed E-state index contributed by atoms with van der Waals surface area (Å²) < 4.78 is 22.2. The Morgan fingerprint density at radius 1 is 1.03 bits per heavy atom. The normalized spacial score (nSPS) is 16.2. The molecular weight excluding hydrogens is 456 g/mol. The number of methoxy groups -OCH3 is 2. The summed E-state index contributed by atoms with van der Waals surface area (Å²) in [5, 5.41) is 15.4. The van der Waals surface area contributed by atoms with Gasteiger partial charge in [-0.1, -0.05) is 19.1 Å². The van der Waals surface area contributed by atoms with Crippen LogP contribution in [0.4, 0.5) is 0 Å². The molecule has 2 heterocycles. The maximum Gasteiger partial charge on any atom is 0.283 e. The number of amides is 1. The lowest BCUT2D eigenvalue weighted by atomic mass is 10.1. The number of aliphatic imine (C=N–C) groups is 1. The predicted molar refractivity (Wildman–Crippen MR) is 132 cm³/mol. The molecule has 10 heteroatoms. The molecule has 2 aliphatic rings. The molecule has 0 saturated heterocycles. The van der Waals surface area contributed by atoms with E-state index in [9.17, 15) is 4.79 Å². The second-order valence-corrected chi connectivity index (χ2v) is 8.19. The first-order chi connectivity index (χ1) is 16.5. The Hall–Kier alpha value is -3.79. The highest BCUT2D eigenvalue weighted by Crippen LogP contribution is 2.32. The van der Waals surface area contributed by atoms with Crippen molar-refractivity contribution < 1.29 is 23.7 Å². The quantitative estimate of drug-likeness (QED) is 0.424. The van der Waals surface area contributed by atoms with Crippen LogP contribution in [0.25, 0.3) is 6.08 Å². The van der Waals surface area contributed by atoms with Crippen LogP contribution in [0.5, 0.6) is 23.0 Å². The van der Waals surface area contributed by atoms with Gasteiger partial charge in [-0.25, -0.2) is 0 Å². The first kappa shape index (κ1) is 23.4. The average Bonchev–Trinajstić information content (AvgIpc) is 3.28. The minimum atomic E-state index is -0.467. The number of rotatable bonds is 9. The molecular formula is C24H24N4O5S. The van der Waals surface area contributed by atoms with E-state index in [1.54, 1.807) is 44.6 Å². The highest BCUT2D eigenvalue weighted by molar-refractivity contribution is 8.26. The van der Waals surface area contributed by atoms with Gasteiger partial charge in [-0.15, -0.1) is 0 Å². The highest BCUT2D eigenvalue weighted by Gasteiger charge is 2.35. The van der Waals surface area contributed by atoms with Crippen molar-refractivity contribution in [1.29, 1.82) is 5.41 Å². The van der Waals surface area contributed by atoms with Crippen molar-refractivity contribution in [3.63, 3.8) is 0 Å². The molecule has 1 N–H and O–H groups in total. The number of nitrogens with one attached hydrogen (secondary N) is 1. The number of fused-ring (bicyclic) bond motifs is 1. The van der Waals surface area contributed by atoms with E-state index in [2.05, 4.69) is 10.1 Å². The Labute approximate surface area is 201 Å². The standard InChI is InChI=1S/C24H24N4O5S/c1-4-21-27-28-22(25)18(23(29)26-24(28)34-21)12-15-8-9-19(20(13-15)31-3)33-11-10-32-17-7-5-6-16(14-17)30-2/h5-9,12-14,25H,4,10-11H2,1-3H3/b18-12-,25-22?. The zero-order valence-corrected chi connectivity index (χ0v) is 19.8. The number of nitrogens with zero attached hydrogens (tertiary/aromatic N) is 3. The zero-order chi connectivity index (χ0) is 24.1. The number of hydrogen-bond acceptors (Lipinski definition) is 8. The third-order valence-corrected chi connectivity index (χ3v) is 6.00. The Kier molecular flexibility index (Phi) is 7.17. The maximum atomic E-state index is 12.5. The molecule has 0 radical (unpaired) electrons. The van der Waals surface area contributed by atoms with Gasteiger partial charge in [0.1, 0.15) is 29.8 Å². The summed E-state index contributed by atoms with van der Waals surface area (Å²) in [5.41, 5.74) is 0.836. The number of carbonyl (C=O) groups excluding carboxylic acids is 1. The molecule has 0 spiro atoms. The molecule has 0 aliphatic carbocycles. The van der Waals surface area contributed by atoms with Crippen molar-refractivity contribution in [3.8, 4) is 23.0 Å². The fraction of sp³-hybridized carbons (Fsp3) is 0.250. The number of hydrazone groups is 1. The second-order valence-electron chi connectivity index (χ2n) is 7.15. The fourth-order valence-electron chi connectivity index (χ4n) is 3.24. The minimum absolute atomic E-state index is 0.0000606. The van der Waals surface area contributed by atoms with E-state index in [-0.39, 0.29) is 11.4 Å². The highest BCUT2D eigenvalue weighted by atomic mass is 32.2. The van der Waals surface area contributed by atoms with Crippen molar-refractivity contribution >= 4 is 39.8 Å². The van der Waals surface area contributed by atoms with Crippen LogP contribution in [0.3, 0.4) is 0 Å². The number of benzene rings is 2. The van der Waals surface area contributed by atoms with E-state index in [0.29, 0.717) is 47.6 Å². The lowest BCUT2D eigenvalue weighted by Gasteiger charge is -2.20. The Morgan fingerprint density at radius 3 is 2.59 bits per heavy atom. The van der Waals surface area contributed by atoms with Crippen LogP contribution in [0.15, 0.2) is 58.1 Å². The minimum Gasteiger partial charge on any atom is -0.497 e. The summed E-state index contributed by atoms with van der Waals surface area (Å²) in [6.45, 7) is 2.61. The summed E-state index contributed by atoms with van der Waals surface area (Å²) in [5.74, 6) is 1.98. The van der Waals surface area contributed by atoms with Crippen molar-refractivity contribution in [2.24, 2.45) is 10.1 Å². The second kappa shape index (κ2) is 10.4. The van der Waals surface area contributed by atoms with Gasteiger partial charge in [0.05, 0.1) is 19.8 Å². The third kappa shape index (κ3) is 5.07. The van der Waals surface area contributed by atoms with Gasteiger partial charge < -0.3 is 18.9 Å². The van der Waals surface area contributed by atoms with Gasteiger partial charge in [0.15, 0.2) is 17.3 Å². The van der Waals surface area contributed by atoms with Crippen molar-refractivity contribution in [3.05, 3.63) is 53.6 Å². The molecule has 0 fully saturated rings. The SMILES string of the molecule is CCC1=NN2C(=N)/C(=C/c3ccc(OCCOc4cccc(OC)c4)c(OC)c3)C(=O)N=C2S1. The lowest BCUT2D eigenvalue weighted by molar-refractivity contribution is -0.114. The van der Waals surface area contributed by atoms with Crippen LogP contribution in [-0.2, 0) is 4.79 Å². The summed E-state index contributed by atoms with van der Waals surface area (Å²) in [6, 6.07) is 12.6. The van der Waals surface area contributed by atoms with E-state index < -0.39 is 5.91 Å². The summed E-state index contributed by atoms with van der Waals surface area (Å²) in [7, 11) is 3.14. The number of carbonyl (C=O) groups is 1. The first-order valence-corrected chi connectivity index (χ1v) is 11.4. The smallest absolute Gasteiger partial charge is 0.283 e. The molecule has 0 aromatic heterocycles. The monoisotopic (exact) mass is 480 g/mol. The molecule has 2 aromatic rings.